The molecule has 0 aromatic heterocycles. The van der Waals surface area contributed by atoms with Crippen LogP contribution in [0.4, 0.5) is 0 Å². The van der Waals surface area contributed by atoms with Crippen LogP contribution in [0.1, 0.15) is 39.0 Å². The van der Waals surface area contributed by atoms with Gasteiger partial charge in [-0.3, -0.25) is 4.79 Å². The number of carbonyl (C=O) groups is 1. The van der Waals surface area contributed by atoms with Gasteiger partial charge in [0.15, 0.2) is 0 Å². The molecule has 0 aliphatic carbocycles. The Hall–Kier alpha value is -0.240. The molecule has 12 heavy (non-hydrogen) atoms. The molecule has 1 unspecified atom stereocenters. The first kappa shape index (κ1) is 11.8. The van der Waals surface area contributed by atoms with E-state index in [2.05, 4.69) is 11.7 Å². The Morgan fingerprint density at radius 1 is 1.50 bits per heavy atom. The van der Waals surface area contributed by atoms with Crippen molar-refractivity contribution in [3.05, 3.63) is 0 Å². The maximum atomic E-state index is 10.7. The van der Waals surface area contributed by atoms with E-state index in [0.29, 0.717) is 6.42 Å². The predicted molar refractivity (Wildman–Crippen MR) is 50.4 cm³/mol. The second-order valence-electron chi connectivity index (χ2n) is 2.87. The molecule has 3 heteroatoms. The highest BCUT2D eigenvalue weighted by Gasteiger charge is 2.09. The number of unbranched alkanes of at least 4 members (excludes halogenated alkanes) is 2. The maximum absolute atomic E-state index is 10.7. The van der Waals surface area contributed by atoms with E-state index in [1.54, 1.807) is 0 Å². The Kier molecular flexibility index (Phi) is 7.26. The van der Waals surface area contributed by atoms with Crippen molar-refractivity contribution in [1.82, 2.24) is 0 Å². The lowest BCUT2D eigenvalue weighted by molar-refractivity contribution is -0.140. The summed E-state index contributed by atoms with van der Waals surface area (Å²) in [6, 6.07) is 0. The number of esters is 1. The summed E-state index contributed by atoms with van der Waals surface area (Å²) < 4.78 is 4.50. The summed E-state index contributed by atoms with van der Waals surface area (Å²) in [5.41, 5.74) is 0. The molecule has 0 N–H and O–H groups in total. The average molecular weight is 193 g/mol. The van der Waals surface area contributed by atoms with Gasteiger partial charge in [-0.2, -0.15) is 0 Å². The van der Waals surface area contributed by atoms with Gasteiger partial charge >= 0.3 is 5.97 Å². The molecule has 72 valence electrons. The standard InChI is InChI=1S/C9H17ClO2/c1-3-4-5-6-8(10)7-9(11)12-2/h8H,3-7H2,1-2H3. The van der Waals surface area contributed by atoms with E-state index in [1.807, 2.05) is 0 Å². The number of hydrogen-bond donors (Lipinski definition) is 0. The number of ether oxygens (including phenoxy) is 1. The monoisotopic (exact) mass is 192 g/mol. The molecular formula is C9H17ClO2. The number of methoxy groups -OCH3 is 1. The van der Waals surface area contributed by atoms with Crippen molar-refractivity contribution in [3.8, 4) is 0 Å². The van der Waals surface area contributed by atoms with Crippen LogP contribution < -0.4 is 0 Å². The van der Waals surface area contributed by atoms with Crippen LogP contribution in [0.25, 0.3) is 0 Å². The van der Waals surface area contributed by atoms with Crippen molar-refractivity contribution in [3.63, 3.8) is 0 Å². The Morgan fingerprint density at radius 2 is 2.17 bits per heavy atom. The Labute approximate surface area is 79.2 Å². The average Bonchev–Trinajstić information content (AvgIpc) is 2.05. The van der Waals surface area contributed by atoms with E-state index < -0.39 is 0 Å². The van der Waals surface area contributed by atoms with Gasteiger partial charge in [0, 0.05) is 5.38 Å². The van der Waals surface area contributed by atoms with Crippen LogP contribution in [0.3, 0.4) is 0 Å². The SMILES string of the molecule is CCCCCC(Cl)CC(=O)OC. The molecule has 0 rings (SSSR count). The minimum atomic E-state index is -0.216. The minimum Gasteiger partial charge on any atom is -0.469 e. The van der Waals surface area contributed by atoms with Crippen LogP contribution >= 0.6 is 11.6 Å². The molecule has 0 bridgehead atoms. The Balaban J connectivity index is 3.32. The third-order valence-corrected chi connectivity index (χ3v) is 2.11. The topological polar surface area (TPSA) is 26.3 Å². The van der Waals surface area contributed by atoms with Crippen molar-refractivity contribution >= 4 is 17.6 Å². The van der Waals surface area contributed by atoms with Crippen molar-refractivity contribution < 1.29 is 9.53 Å². The molecule has 0 saturated carbocycles. The number of alkyl halides is 1. The quantitative estimate of drug-likeness (QED) is 0.368. The van der Waals surface area contributed by atoms with Gasteiger partial charge in [0.2, 0.25) is 0 Å². The normalized spacial score (nSPS) is 12.6. The number of rotatable bonds is 6. The summed E-state index contributed by atoms with van der Waals surface area (Å²) in [7, 11) is 1.39. The van der Waals surface area contributed by atoms with Gasteiger partial charge in [0.05, 0.1) is 13.5 Å². The van der Waals surface area contributed by atoms with Gasteiger partial charge in [-0.1, -0.05) is 26.2 Å². The van der Waals surface area contributed by atoms with Crippen LogP contribution in [0.2, 0.25) is 0 Å². The fraction of sp³-hybridized carbons (Fsp3) is 0.889. The van der Waals surface area contributed by atoms with Gasteiger partial charge in [-0.05, 0) is 6.42 Å². The second-order valence-corrected chi connectivity index (χ2v) is 3.49. The fourth-order valence-electron chi connectivity index (χ4n) is 0.982. The largest absolute Gasteiger partial charge is 0.469 e. The first-order valence-electron chi connectivity index (χ1n) is 4.41. The highest BCUT2D eigenvalue weighted by molar-refractivity contribution is 6.21. The molecule has 1 atom stereocenters. The van der Waals surface area contributed by atoms with Crippen molar-refractivity contribution in [1.29, 1.82) is 0 Å². The number of hydrogen-bond acceptors (Lipinski definition) is 2. The highest BCUT2D eigenvalue weighted by Crippen LogP contribution is 2.12. The second kappa shape index (κ2) is 7.41. The molecule has 0 fully saturated rings. The lowest BCUT2D eigenvalue weighted by Gasteiger charge is -2.06. The van der Waals surface area contributed by atoms with Gasteiger partial charge in [0.1, 0.15) is 0 Å². The maximum Gasteiger partial charge on any atom is 0.307 e. The molecular weight excluding hydrogens is 176 g/mol. The number of halogens is 1. The summed E-state index contributed by atoms with van der Waals surface area (Å²) in [6.45, 7) is 2.14. The number of carbonyl (C=O) groups excluding carboxylic acids is 1. The van der Waals surface area contributed by atoms with Crippen LogP contribution in [-0.4, -0.2) is 18.5 Å². The summed E-state index contributed by atoms with van der Waals surface area (Å²) in [6.07, 6.45) is 4.71. The Bertz CT molecular complexity index is 126. The summed E-state index contributed by atoms with van der Waals surface area (Å²) >= 11 is 5.89. The van der Waals surface area contributed by atoms with Gasteiger partial charge in [0.25, 0.3) is 0 Å². The van der Waals surface area contributed by atoms with Crippen molar-refractivity contribution in [2.45, 2.75) is 44.4 Å². The zero-order chi connectivity index (χ0) is 9.40. The van der Waals surface area contributed by atoms with Crippen LogP contribution in [0.15, 0.2) is 0 Å². The van der Waals surface area contributed by atoms with Crippen LogP contribution in [0.5, 0.6) is 0 Å². The molecule has 0 aliphatic rings. The van der Waals surface area contributed by atoms with Crippen LogP contribution in [-0.2, 0) is 9.53 Å². The lowest BCUT2D eigenvalue weighted by atomic mass is 10.1. The molecule has 0 aromatic carbocycles. The van der Waals surface area contributed by atoms with E-state index in [9.17, 15) is 4.79 Å². The zero-order valence-electron chi connectivity index (χ0n) is 7.81. The lowest BCUT2D eigenvalue weighted by Crippen LogP contribution is -2.09. The molecule has 2 nitrogen and oxygen atoms in total. The Morgan fingerprint density at radius 3 is 2.67 bits per heavy atom. The minimum absolute atomic E-state index is 0.0519. The molecule has 0 amide bonds. The molecule has 0 aromatic rings. The smallest absolute Gasteiger partial charge is 0.307 e. The fourth-order valence-corrected chi connectivity index (χ4v) is 1.26. The predicted octanol–water partition coefficient (Wildman–Crippen LogP) is 2.74. The van der Waals surface area contributed by atoms with E-state index in [-0.39, 0.29) is 11.3 Å². The molecule has 0 spiro atoms. The zero-order valence-corrected chi connectivity index (χ0v) is 8.56. The summed E-state index contributed by atoms with van der Waals surface area (Å²) in [4.78, 5) is 10.7. The first-order valence-corrected chi connectivity index (χ1v) is 4.85. The van der Waals surface area contributed by atoms with Gasteiger partial charge < -0.3 is 4.74 Å². The van der Waals surface area contributed by atoms with Gasteiger partial charge in [-0.15, -0.1) is 11.6 Å². The molecule has 0 radical (unpaired) electrons. The van der Waals surface area contributed by atoms with Crippen LogP contribution in [0, 0.1) is 0 Å². The third kappa shape index (κ3) is 6.47. The van der Waals surface area contributed by atoms with E-state index in [1.165, 1.54) is 20.0 Å². The van der Waals surface area contributed by atoms with E-state index >= 15 is 0 Å². The highest BCUT2D eigenvalue weighted by atomic mass is 35.5. The molecule has 0 heterocycles. The van der Waals surface area contributed by atoms with Gasteiger partial charge in [-0.25, -0.2) is 0 Å². The van der Waals surface area contributed by atoms with E-state index in [4.69, 9.17) is 11.6 Å². The summed E-state index contributed by atoms with van der Waals surface area (Å²) in [5, 5.41) is -0.0519. The van der Waals surface area contributed by atoms with E-state index in [0.717, 1.165) is 12.8 Å². The van der Waals surface area contributed by atoms with Crippen molar-refractivity contribution in [2.24, 2.45) is 0 Å². The first-order chi connectivity index (χ1) is 5.70. The molecule has 0 saturated heterocycles. The molecule has 0 aliphatic heterocycles. The van der Waals surface area contributed by atoms with Crippen molar-refractivity contribution in [2.75, 3.05) is 7.11 Å². The third-order valence-electron chi connectivity index (χ3n) is 1.74. The summed E-state index contributed by atoms with van der Waals surface area (Å²) in [5.74, 6) is -0.216.